The number of hydrogen-bond acceptors (Lipinski definition) is 4. The van der Waals surface area contributed by atoms with E-state index in [1.54, 1.807) is 0 Å². The number of nitrogens with zero attached hydrogens (tertiary/aromatic N) is 3. The molecule has 2 aliphatic heterocycles. The molecule has 1 aromatic carbocycles. The molecule has 2 fully saturated rings. The molecule has 21 heavy (non-hydrogen) atoms. The van der Waals surface area contributed by atoms with Gasteiger partial charge in [-0.15, -0.1) is 0 Å². The normalized spacial score (nSPS) is 21.5. The highest BCUT2D eigenvalue weighted by atomic mass is 15.3. The van der Waals surface area contributed by atoms with Crippen molar-refractivity contribution in [3.05, 3.63) is 42.2 Å². The molecule has 0 unspecified atom stereocenters. The zero-order valence-electron chi connectivity index (χ0n) is 12.3. The Bertz CT molecular complexity index is 610. The summed E-state index contributed by atoms with van der Waals surface area (Å²) in [6.45, 7) is 8.10. The third-order valence-electron chi connectivity index (χ3n) is 4.83. The summed E-state index contributed by atoms with van der Waals surface area (Å²) < 4.78 is 0. The summed E-state index contributed by atoms with van der Waals surface area (Å²) in [5, 5.41) is 5.96. The van der Waals surface area contributed by atoms with Gasteiger partial charge in [-0.25, -0.2) is 0 Å². The van der Waals surface area contributed by atoms with E-state index in [0.717, 1.165) is 12.6 Å². The molecule has 2 saturated heterocycles. The van der Waals surface area contributed by atoms with Crippen LogP contribution in [0, 0.1) is 0 Å². The standard InChI is InChI=1S/C17H22N4/c1-2-4-17-14(3-1)9-18-10-15(17)13-20-5-7-21(8-6-20)16-11-19-12-16/h1-4,9-10,16,19H,5-8,11-13H2. The Labute approximate surface area is 125 Å². The predicted octanol–water partition coefficient (Wildman–Crippen LogP) is 1.32. The first-order valence-corrected chi connectivity index (χ1v) is 7.89. The van der Waals surface area contributed by atoms with E-state index in [0.29, 0.717) is 0 Å². The zero-order valence-corrected chi connectivity index (χ0v) is 12.3. The van der Waals surface area contributed by atoms with Crippen LogP contribution in [0.1, 0.15) is 5.56 Å². The summed E-state index contributed by atoms with van der Waals surface area (Å²) in [6, 6.07) is 9.34. The van der Waals surface area contributed by atoms with Crippen LogP contribution < -0.4 is 5.32 Å². The molecule has 4 heteroatoms. The molecular weight excluding hydrogens is 260 g/mol. The van der Waals surface area contributed by atoms with E-state index in [1.807, 2.05) is 12.4 Å². The van der Waals surface area contributed by atoms with Crippen molar-refractivity contribution in [2.45, 2.75) is 12.6 Å². The Morgan fingerprint density at radius 2 is 1.86 bits per heavy atom. The van der Waals surface area contributed by atoms with Crippen molar-refractivity contribution >= 4 is 10.8 Å². The number of aromatic nitrogens is 1. The number of rotatable bonds is 3. The van der Waals surface area contributed by atoms with E-state index in [-0.39, 0.29) is 0 Å². The van der Waals surface area contributed by atoms with Gasteiger partial charge in [0.15, 0.2) is 0 Å². The van der Waals surface area contributed by atoms with Gasteiger partial charge >= 0.3 is 0 Å². The van der Waals surface area contributed by atoms with Crippen LogP contribution in [-0.4, -0.2) is 60.1 Å². The lowest BCUT2D eigenvalue weighted by Crippen LogP contribution is -2.61. The van der Waals surface area contributed by atoms with Crippen LogP contribution in [0.25, 0.3) is 10.8 Å². The maximum atomic E-state index is 4.40. The maximum absolute atomic E-state index is 4.40. The van der Waals surface area contributed by atoms with Gasteiger partial charge in [-0.05, 0) is 10.9 Å². The third-order valence-corrected chi connectivity index (χ3v) is 4.83. The molecule has 0 aliphatic carbocycles. The van der Waals surface area contributed by atoms with Crippen molar-refractivity contribution in [2.24, 2.45) is 0 Å². The fraction of sp³-hybridized carbons (Fsp3) is 0.471. The van der Waals surface area contributed by atoms with Crippen LogP contribution >= 0.6 is 0 Å². The molecule has 0 bridgehead atoms. The number of piperazine rings is 1. The quantitative estimate of drug-likeness (QED) is 0.920. The molecule has 0 amide bonds. The highest BCUT2D eigenvalue weighted by Crippen LogP contribution is 2.19. The number of fused-ring (bicyclic) bond motifs is 1. The van der Waals surface area contributed by atoms with Gasteiger partial charge in [-0.2, -0.15) is 0 Å². The van der Waals surface area contributed by atoms with Gasteiger partial charge in [0, 0.05) is 69.6 Å². The molecule has 4 rings (SSSR count). The summed E-state index contributed by atoms with van der Waals surface area (Å²) in [5.74, 6) is 0. The lowest BCUT2D eigenvalue weighted by Gasteiger charge is -2.43. The smallest absolute Gasteiger partial charge is 0.0346 e. The van der Waals surface area contributed by atoms with E-state index >= 15 is 0 Å². The zero-order chi connectivity index (χ0) is 14.1. The monoisotopic (exact) mass is 282 g/mol. The van der Waals surface area contributed by atoms with Crippen molar-refractivity contribution in [1.82, 2.24) is 20.1 Å². The van der Waals surface area contributed by atoms with Gasteiger partial charge in [0.05, 0.1) is 0 Å². The Morgan fingerprint density at radius 3 is 2.62 bits per heavy atom. The lowest BCUT2D eigenvalue weighted by molar-refractivity contribution is 0.0697. The average Bonchev–Trinajstić information content (AvgIpc) is 2.48. The minimum Gasteiger partial charge on any atom is -0.314 e. The Balaban J connectivity index is 1.44. The van der Waals surface area contributed by atoms with Crippen LogP contribution in [0.5, 0.6) is 0 Å². The number of pyridine rings is 1. The van der Waals surface area contributed by atoms with Crippen molar-refractivity contribution in [1.29, 1.82) is 0 Å². The molecule has 0 radical (unpaired) electrons. The minimum absolute atomic E-state index is 0.784. The molecule has 2 aliphatic rings. The fourth-order valence-corrected chi connectivity index (χ4v) is 3.36. The highest BCUT2D eigenvalue weighted by Gasteiger charge is 2.27. The molecule has 3 heterocycles. The summed E-state index contributed by atoms with van der Waals surface area (Å²) in [7, 11) is 0. The molecular formula is C17H22N4. The maximum Gasteiger partial charge on any atom is 0.0346 e. The second kappa shape index (κ2) is 5.72. The molecule has 2 aromatic rings. The van der Waals surface area contributed by atoms with E-state index in [1.165, 1.54) is 55.6 Å². The molecule has 0 spiro atoms. The minimum atomic E-state index is 0.784. The van der Waals surface area contributed by atoms with Crippen LogP contribution in [0.4, 0.5) is 0 Å². The molecule has 4 nitrogen and oxygen atoms in total. The van der Waals surface area contributed by atoms with E-state index < -0.39 is 0 Å². The van der Waals surface area contributed by atoms with Crippen molar-refractivity contribution < 1.29 is 0 Å². The van der Waals surface area contributed by atoms with Crippen molar-refractivity contribution in [2.75, 3.05) is 39.3 Å². The van der Waals surface area contributed by atoms with Gasteiger partial charge in [0.1, 0.15) is 0 Å². The first-order valence-electron chi connectivity index (χ1n) is 7.89. The molecule has 110 valence electrons. The van der Waals surface area contributed by atoms with Crippen LogP contribution in [0.2, 0.25) is 0 Å². The van der Waals surface area contributed by atoms with Crippen molar-refractivity contribution in [3.8, 4) is 0 Å². The Kier molecular flexibility index (Phi) is 3.59. The molecule has 0 saturated carbocycles. The summed E-state index contributed by atoms with van der Waals surface area (Å²) in [6.07, 6.45) is 3.99. The molecule has 0 atom stereocenters. The van der Waals surface area contributed by atoms with E-state index in [2.05, 4.69) is 44.4 Å². The summed E-state index contributed by atoms with van der Waals surface area (Å²) in [5.41, 5.74) is 1.35. The van der Waals surface area contributed by atoms with Crippen LogP contribution in [-0.2, 0) is 6.54 Å². The van der Waals surface area contributed by atoms with Gasteiger partial charge in [0.2, 0.25) is 0 Å². The van der Waals surface area contributed by atoms with Gasteiger partial charge in [-0.1, -0.05) is 24.3 Å². The summed E-state index contributed by atoms with van der Waals surface area (Å²) >= 11 is 0. The summed E-state index contributed by atoms with van der Waals surface area (Å²) in [4.78, 5) is 9.59. The first-order chi connectivity index (χ1) is 10.4. The second-order valence-corrected chi connectivity index (χ2v) is 6.14. The SMILES string of the molecule is c1ccc2c(CN3CCN(C4CNC4)CC3)cncc2c1. The largest absolute Gasteiger partial charge is 0.314 e. The molecule has 1 N–H and O–H groups in total. The second-order valence-electron chi connectivity index (χ2n) is 6.14. The van der Waals surface area contributed by atoms with Gasteiger partial charge in [-0.3, -0.25) is 14.8 Å². The predicted molar refractivity (Wildman–Crippen MR) is 85.3 cm³/mol. The topological polar surface area (TPSA) is 31.4 Å². The third kappa shape index (κ3) is 2.67. The Morgan fingerprint density at radius 1 is 1.05 bits per heavy atom. The number of benzene rings is 1. The first kappa shape index (κ1) is 13.2. The van der Waals surface area contributed by atoms with Crippen LogP contribution in [0.15, 0.2) is 36.7 Å². The number of hydrogen-bond donors (Lipinski definition) is 1. The lowest BCUT2D eigenvalue weighted by atomic mass is 10.1. The van der Waals surface area contributed by atoms with E-state index in [9.17, 15) is 0 Å². The number of nitrogens with one attached hydrogen (secondary N) is 1. The Hall–Kier alpha value is -1.49. The van der Waals surface area contributed by atoms with E-state index in [4.69, 9.17) is 0 Å². The van der Waals surface area contributed by atoms with Crippen molar-refractivity contribution in [3.63, 3.8) is 0 Å². The van der Waals surface area contributed by atoms with Crippen LogP contribution in [0.3, 0.4) is 0 Å². The van der Waals surface area contributed by atoms with Gasteiger partial charge in [0.25, 0.3) is 0 Å². The molecule has 1 aromatic heterocycles. The average molecular weight is 282 g/mol. The highest BCUT2D eigenvalue weighted by molar-refractivity contribution is 5.84. The van der Waals surface area contributed by atoms with Gasteiger partial charge < -0.3 is 5.32 Å². The fourth-order valence-electron chi connectivity index (χ4n) is 3.36.